The van der Waals surface area contributed by atoms with E-state index in [1.165, 1.54) is 0 Å². The van der Waals surface area contributed by atoms with Gasteiger partial charge in [0, 0.05) is 18.4 Å². The third-order valence-electron chi connectivity index (χ3n) is 1.65. The highest BCUT2D eigenvalue weighted by Gasteiger charge is 2.17. The van der Waals surface area contributed by atoms with Crippen molar-refractivity contribution in [2.75, 3.05) is 6.61 Å². The van der Waals surface area contributed by atoms with Gasteiger partial charge in [-0.05, 0) is 6.92 Å². The van der Waals surface area contributed by atoms with Gasteiger partial charge in [-0.2, -0.15) is 0 Å². The van der Waals surface area contributed by atoms with Gasteiger partial charge in [0.2, 0.25) is 0 Å². The summed E-state index contributed by atoms with van der Waals surface area (Å²) < 4.78 is 0. The number of hydrogen-bond donors (Lipinski definition) is 2. The van der Waals surface area contributed by atoms with Crippen LogP contribution in [0.3, 0.4) is 0 Å². The summed E-state index contributed by atoms with van der Waals surface area (Å²) >= 11 is 0. The predicted molar refractivity (Wildman–Crippen MR) is 40.3 cm³/mol. The third kappa shape index (κ3) is 2.38. The lowest BCUT2D eigenvalue weighted by molar-refractivity contribution is 0.0540. The summed E-state index contributed by atoms with van der Waals surface area (Å²) in [6.45, 7) is 3.50. The van der Waals surface area contributed by atoms with E-state index in [1.54, 1.807) is 13.8 Å². The molecular formula is C8H14O2. The monoisotopic (exact) mass is 142 g/mol. The highest BCUT2D eigenvalue weighted by atomic mass is 16.3. The van der Waals surface area contributed by atoms with Crippen molar-refractivity contribution in [2.24, 2.45) is 11.8 Å². The van der Waals surface area contributed by atoms with Crippen LogP contribution >= 0.6 is 0 Å². The molecule has 2 heteroatoms. The molecule has 58 valence electrons. The molecule has 0 saturated carbocycles. The van der Waals surface area contributed by atoms with Crippen LogP contribution in [0.4, 0.5) is 0 Å². The van der Waals surface area contributed by atoms with E-state index in [4.69, 9.17) is 11.5 Å². The van der Waals surface area contributed by atoms with Crippen molar-refractivity contribution in [3.8, 4) is 12.3 Å². The summed E-state index contributed by atoms with van der Waals surface area (Å²) in [6.07, 6.45) is 4.49. The van der Waals surface area contributed by atoms with Gasteiger partial charge in [0.25, 0.3) is 0 Å². The van der Waals surface area contributed by atoms with Gasteiger partial charge in [0.15, 0.2) is 0 Å². The Hall–Kier alpha value is -0.520. The summed E-state index contributed by atoms with van der Waals surface area (Å²) in [5, 5.41) is 17.9. The molecule has 10 heavy (non-hydrogen) atoms. The van der Waals surface area contributed by atoms with E-state index in [2.05, 4.69) is 5.92 Å². The highest BCUT2D eigenvalue weighted by Crippen LogP contribution is 2.10. The van der Waals surface area contributed by atoms with E-state index >= 15 is 0 Å². The van der Waals surface area contributed by atoms with Crippen LogP contribution in [0.5, 0.6) is 0 Å². The fourth-order valence-corrected chi connectivity index (χ4v) is 0.699. The molecule has 0 aromatic rings. The second-order valence-corrected chi connectivity index (χ2v) is 2.61. The molecule has 0 amide bonds. The average Bonchev–Trinajstić information content (AvgIpc) is 2.00. The van der Waals surface area contributed by atoms with Crippen molar-refractivity contribution in [3.63, 3.8) is 0 Å². The van der Waals surface area contributed by atoms with Crippen LogP contribution in [-0.2, 0) is 0 Å². The zero-order valence-electron chi connectivity index (χ0n) is 6.41. The molecule has 0 aromatic heterocycles. The quantitative estimate of drug-likeness (QED) is 0.554. The summed E-state index contributed by atoms with van der Waals surface area (Å²) in [5.41, 5.74) is 0. The van der Waals surface area contributed by atoms with E-state index < -0.39 is 6.10 Å². The van der Waals surface area contributed by atoms with Crippen LogP contribution in [0, 0.1) is 24.2 Å². The molecule has 0 radical (unpaired) electrons. The first-order chi connectivity index (χ1) is 4.63. The first-order valence-corrected chi connectivity index (χ1v) is 3.38. The molecule has 2 nitrogen and oxygen atoms in total. The molecule has 0 fully saturated rings. The number of aliphatic hydroxyl groups excluding tert-OH is 2. The molecule has 3 atom stereocenters. The van der Waals surface area contributed by atoms with Crippen LogP contribution < -0.4 is 0 Å². The molecule has 0 aromatic carbocycles. The SMILES string of the molecule is C#C[C@H](C)[C@@H](O)[C@H](C)CO. The maximum Gasteiger partial charge on any atom is 0.0722 e. The van der Waals surface area contributed by atoms with Gasteiger partial charge >= 0.3 is 0 Å². The lowest BCUT2D eigenvalue weighted by atomic mass is 9.95. The van der Waals surface area contributed by atoms with E-state index in [0.29, 0.717) is 0 Å². The molecule has 0 spiro atoms. The highest BCUT2D eigenvalue weighted by molar-refractivity contribution is 4.95. The van der Waals surface area contributed by atoms with Gasteiger partial charge in [-0.3, -0.25) is 0 Å². The van der Waals surface area contributed by atoms with Gasteiger partial charge in [0.1, 0.15) is 0 Å². The molecule has 0 aliphatic rings. The maximum absolute atomic E-state index is 9.28. The van der Waals surface area contributed by atoms with Crippen LogP contribution in [0.2, 0.25) is 0 Å². The van der Waals surface area contributed by atoms with Crippen LogP contribution in [0.1, 0.15) is 13.8 Å². The van der Waals surface area contributed by atoms with Crippen LogP contribution in [0.15, 0.2) is 0 Å². The largest absolute Gasteiger partial charge is 0.396 e. The van der Waals surface area contributed by atoms with E-state index in [9.17, 15) is 5.11 Å². The zero-order chi connectivity index (χ0) is 8.15. The average molecular weight is 142 g/mol. The van der Waals surface area contributed by atoms with Crippen LogP contribution in [-0.4, -0.2) is 22.9 Å². The Balaban J connectivity index is 3.84. The van der Waals surface area contributed by atoms with Crippen LogP contribution in [0.25, 0.3) is 0 Å². The Morgan fingerprint density at radius 3 is 2.30 bits per heavy atom. The Morgan fingerprint density at radius 1 is 1.50 bits per heavy atom. The fraction of sp³-hybridized carbons (Fsp3) is 0.750. The first kappa shape index (κ1) is 9.48. The summed E-state index contributed by atoms with van der Waals surface area (Å²) in [5.74, 6) is 2.11. The standard InChI is InChI=1S/C8H14O2/c1-4-6(2)8(10)7(3)5-9/h1,6-10H,5H2,2-3H3/t6-,7+,8+/m0/s1. The van der Waals surface area contributed by atoms with Gasteiger partial charge in [-0.15, -0.1) is 12.3 Å². The van der Waals surface area contributed by atoms with Crippen molar-refractivity contribution in [1.29, 1.82) is 0 Å². The first-order valence-electron chi connectivity index (χ1n) is 3.38. The molecule has 2 N–H and O–H groups in total. The number of aliphatic hydroxyl groups is 2. The van der Waals surface area contributed by atoms with Gasteiger partial charge in [0.05, 0.1) is 6.10 Å². The number of hydrogen-bond acceptors (Lipinski definition) is 2. The van der Waals surface area contributed by atoms with Gasteiger partial charge in [-0.1, -0.05) is 6.92 Å². The minimum atomic E-state index is -0.588. The number of terminal acetylenes is 1. The molecule has 0 aliphatic heterocycles. The Kier molecular flexibility index (Phi) is 4.10. The smallest absolute Gasteiger partial charge is 0.0722 e. The van der Waals surface area contributed by atoms with E-state index in [1.807, 2.05) is 0 Å². The van der Waals surface area contributed by atoms with Crippen molar-refractivity contribution < 1.29 is 10.2 Å². The van der Waals surface area contributed by atoms with Crippen molar-refractivity contribution in [3.05, 3.63) is 0 Å². The predicted octanol–water partition coefficient (Wildman–Crippen LogP) is 0.245. The minimum absolute atomic E-state index is 0.0206. The molecule has 0 unspecified atom stereocenters. The number of rotatable bonds is 3. The second-order valence-electron chi connectivity index (χ2n) is 2.61. The van der Waals surface area contributed by atoms with Crippen molar-refractivity contribution in [1.82, 2.24) is 0 Å². The molecule has 0 aliphatic carbocycles. The lowest BCUT2D eigenvalue weighted by Crippen LogP contribution is -2.26. The third-order valence-corrected chi connectivity index (χ3v) is 1.65. The van der Waals surface area contributed by atoms with Crippen molar-refractivity contribution in [2.45, 2.75) is 20.0 Å². The van der Waals surface area contributed by atoms with Crippen molar-refractivity contribution >= 4 is 0 Å². The zero-order valence-corrected chi connectivity index (χ0v) is 6.41. The second kappa shape index (κ2) is 4.32. The Labute approximate surface area is 61.9 Å². The Bertz CT molecular complexity index is 126. The lowest BCUT2D eigenvalue weighted by Gasteiger charge is -2.18. The molecule has 0 heterocycles. The van der Waals surface area contributed by atoms with E-state index in [-0.39, 0.29) is 18.4 Å². The topological polar surface area (TPSA) is 40.5 Å². The molecule has 0 bridgehead atoms. The minimum Gasteiger partial charge on any atom is -0.396 e. The maximum atomic E-state index is 9.28. The Morgan fingerprint density at radius 2 is 2.00 bits per heavy atom. The summed E-state index contributed by atoms with van der Waals surface area (Å²) in [4.78, 5) is 0. The molecular weight excluding hydrogens is 128 g/mol. The normalized spacial score (nSPS) is 19.1. The van der Waals surface area contributed by atoms with Gasteiger partial charge in [-0.25, -0.2) is 0 Å². The summed E-state index contributed by atoms with van der Waals surface area (Å²) in [6, 6.07) is 0. The van der Waals surface area contributed by atoms with Gasteiger partial charge < -0.3 is 10.2 Å². The molecule has 0 saturated heterocycles. The summed E-state index contributed by atoms with van der Waals surface area (Å²) in [7, 11) is 0. The molecule has 0 rings (SSSR count). The van der Waals surface area contributed by atoms with E-state index in [0.717, 1.165) is 0 Å². The fourth-order valence-electron chi connectivity index (χ4n) is 0.699.